The summed E-state index contributed by atoms with van der Waals surface area (Å²) in [7, 11) is 1.71. The molecule has 1 saturated carbocycles. The largest absolute Gasteiger partial charge is 0.333 e. The van der Waals surface area contributed by atoms with Crippen LogP contribution < -0.4 is 10.6 Å². The summed E-state index contributed by atoms with van der Waals surface area (Å²) in [5, 5.41) is 0.549. The topological polar surface area (TPSA) is 66.6 Å². The first-order valence-corrected chi connectivity index (χ1v) is 8.46. The predicted octanol–water partition coefficient (Wildman–Crippen LogP) is 2.03. The van der Waals surface area contributed by atoms with Crippen LogP contribution >= 0.6 is 11.6 Å². The SMILES string of the molecule is CN(C(=O)[C@@H]1CCC[C@@H]1N)[C@H]1CCN(c2ccccc2Cl)C1=O. The van der Waals surface area contributed by atoms with Gasteiger partial charge < -0.3 is 15.5 Å². The number of nitrogens with zero attached hydrogens (tertiary/aromatic N) is 2. The number of hydrogen-bond acceptors (Lipinski definition) is 3. The third-order valence-corrected chi connectivity index (χ3v) is 5.34. The second-order valence-corrected chi connectivity index (χ2v) is 6.80. The maximum Gasteiger partial charge on any atom is 0.249 e. The first-order valence-electron chi connectivity index (χ1n) is 8.09. The molecule has 1 aliphatic carbocycles. The van der Waals surface area contributed by atoms with Crippen molar-refractivity contribution in [2.45, 2.75) is 37.8 Å². The number of para-hydroxylation sites is 1. The van der Waals surface area contributed by atoms with Crippen molar-refractivity contribution in [1.29, 1.82) is 0 Å². The zero-order chi connectivity index (χ0) is 16.6. The average Bonchev–Trinajstić information content (AvgIpc) is 3.12. The first kappa shape index (κ1) is 16.3. The van der Waals surface area contributed by atoms with E-state index in [9.17, 15) is 9.59 Å². The monoisotopic (exact) mass is 335 g/mol. The van der Waals surface area contributed by atoms with Gasteiger partial charge in [0.05, 0.1) is 16.6 Å². The summed E-state index contributed by atoms with van der Waals surface area (Å²) in [5.41, 5.74) is 6.74. The maximum absolute atomic E-state index is 12.7. The van der Waals surface area contributed by atoms with E-state index in [1.165, 1.54) is 0 Å². The number of hydrogen-bond donors (Lipinski definition) is 1. The highest BCUT2D eigenvalue weighted by Crippen LogP contribution is 2.32. The molecule has 23 heavy (non-hydrogen) atoms. The lowest BCUT2D eigenvalue weighted by Gasteiger charge is -2.28. The lowest BCUT2D eigenvalue weighted by Crippen LogP contribution is -2.47. The number of anilines is 1. The van der Waals surface area contributed by atoms with Gasteiger partial charge in [-0.05, 0) is 31.4 Å². The lowest BCUT2D eigenvalue weighted by atomic mass is 10.0. The number of halogens is 1. The fraction of sp³-hybridized carbons (Fsp3) is 0.529. The Kier molecular flexibility index (Phi) is 4.60. The molecule has 0 radical (unpaired) electrons. The van der Waals surface area contributed by atoms with Crippen LogP contribution in [-0.2, 0) is 9.59 Å². The van der Waals surface area contributed by atoms with E-state index >= 15 is 0 Å². The Morgan fingerprint density at radius 3 is 2.70 bits per heavy atom. The number of carbonyl (C=O) groups excluding carboxylic acids is 2. The number of carbonyl (C=O) groups is 2. The molecule has 0 spiro atoms. The van der Waals surface area contributed by atoms with Crippen LogP contribution in [0.4, 0.5) is 5.69 Å². The van der Waals surface area contributed by atoms with Gasteiger partial charge in [-0.2, -0.15) is 0 Å². The molecule has 6 heteroatoms. The van der Waals surface area contributed by atoms with Gasteiger partial charge in [0.15, 0.2) is 0 Å². The van der Waals surface area contributed by atoms with Gasteiger partial charge in [-0.1, -0.05) is 30.2 Å². The highest BCUT2D eigenvalue weighted by atomic mass is 35.5. The smallest absolute Gasteiger partial charge is 0.249 e. The summed E-state index contributed by atoms with van der Waals surface area (Å²) < 4.78 is 0. The average molecular weight is 336 g/mol. The molecule has 5 nitrogen and oxygen atoms in total. The number of amides is 2. The Morgan fingerprint density at radius 2 is 2.04 bits per heavy atom. The van der Waals surface area contributed by atoms with Crippen molar-refractivity contribution in [3.63, 3.8) is 0 Å². The fourth-order valence-corrected chi connectivity index (χ4v) is 3.88. The van der Waals surface area contributed by atoms with Crippen molar-refractivity contribution in [2.24, 2.45) is 11.7 Å². The van der Waals surface area contributed by atoms with Crippen LogP contribution in [0.5, 0.6) is 0 Å². The third-order valence-electron chi connectivity index (χ3n) is 5.02. The zero-order valence-corrected chi connectivity index (χ0v) is 14.0. The van der Waals surface area contributed by atoms with Crippen LogP contribution in [0.25, 0.3) is 0 Å². The Balaban J connectivity index is 1.74. The van der Waals surface area contributed by atoms with Crippen molar-refractivity contribution in [1.82, 2.24) is 4.90 Å². The van der Waals surface area contributed by atoms with Gasteiger partial charge in [0, 0.05) is 19.6 Å². The van der Waals surface area contributed by atoms with Gasteiger partial charge in [-0.3, -0.25) is 9.59 Å². The van der Waals surface area contributed by atoms with E-state index in [0.717, 1.165) is 19.3 Å². The molecule has 1 aromatic carbocycles. The molecule has 1 saturated heterocycles. The van der Waals surface area contributed by atoms with Gasteiger partial charge >= 0.3 is 0 Å². The fourth-order valence-electron chi connectivity index (χ4n) is 3.64. The van der Waals surface area contributed by atoms with E-state index in [1.54, 1.807) is 22.9 Å². The summed E-state index contributed by atoms with van der Waals surface area (Å²) in [5.74, 6) is -0.225. The number of likely N-dealkylation sites (N-methyl/N-ethyl adjacent to an activating group) is 1. The molecular weight excluding hydrogens is 314 g/mol. The quantitative estimate of drug-likeness (QED) is 0.919. The summed E-state index contributed by atoms with van der Waals surface area (Å²) in [6, 6.07) is 6.78. The number of rotatable bonds is 3. The summed E-state index contributed by atoms with van der Waals surface area (Å²) in [6.07, 6.45) is 3.30. The molecular formula is C17H22ClN3O2. The van der Waals surface area contributed by atoms with Crippen LogP contribution in [0, 0.1) is 5.92 Å². The zero-order valence-electron chi connectivity index (χ0n) is 13.2. The Hall–Kier alpha value is -1.59. The molecule has 1 aromatic rings. The van der Waals surface area contributed by atoms with Crippen LogP contribution in [0.3, 0.4) is 0 Å². The van der Waals surface area contributed by atoms with Gasteiger partial charge in [-0.15, -0.1) is 0 Å². The van der Waals surface area contributed by atoms with E-state index in [4.69, 9.17) is 17.3 Å². The molecule has 2 amide bonds. The third kappa shape index (κ3) is 2.95. The molecule has 1 aliphatic heterocycles. The number of benzene rings is 1. The van der Waals surface area contributed by atoms with Gasteiger partial charge in [0.25, 0.3) is 0 Å². The van der Waals surface area contributed by atoms with E-state index < -0.39 is 6.04 Å². The minimum Gasteiger partial charge on any atom is -0.333 e. The molecule has 0 bridgehead atoms. The maximum atomic E-state index is 12.7. The molecule has 2 aliphatic rings. The molecule has 0 unspecified atom stereocenters. The van der Waals surface area contributed by atoms with Crippen molar-refractivity contribution in [3.05, 3.63) is 29.3 Å². The van der Waals surface area contributed by atoms with E-state index in [-0.39, 0.29) is 23.8 Å². The van der Waals surface area contributed by atoms with Crippen LogP contribution in [0.15, 0.2) is 24.3 Å². The Bertz CT molecular complexity index is 622. The predicted molar refractivity (Wildman–Crippen MR) is 90.3 cm³/mol. The second-order valence-electron chi connectivity index (χ2n) is 6.40. The molecule has 124 valence electrons. The summed E-state index contributed by atoms with van der Waals surface area (Å²) >= 11 is 6.19. The van der Waals surface area contributed by atoms with E-state index in [1.807, 2.05) is 18.2 Å². The second kappa shape index (κ2) is 6.49. The van der Waals surface area contributed by atoms with Crippen LogP contribution in [0.1, 0.15) is 25.7 Å². The standard InChI is InChI=1S/C17H22ClN3O2/c1-20(16(22)11-5-4-7-13(11)19)15-9-10-21(17(15)23)14-8-3-2-6-12(14)18/h2-3,6,8,11,13,15H,4-5,7,9-10,19H2,1H3/t11-,13+,15+/m1/s1. The van der Waals surface area contributed by atoms with Crippen molar-refractivity contribution >= 4 is 29.1 Å². The summed E-state index contributed by atoms with van der Waals surface area (Å²) in [4.78, 5) is 28.7. The van der Waals surface area contributed by atoms with Gasteiger partial charge in [0.2, 0.25) is 11.8 Å². The minimum atomic E-state index is -0.424. The lowest BCUT2D eigenvalue weighted by molar-refractivity contribution is -0.140. The highest BCUT2D eigenvalue weighted by molar-refractivity contribution is 6.34. The van der Waals surface area contributed by atoms with Crippen LogP contribution in [0.2, 0.25) is 5.02 Å². The van der Waals surface area contributed by atoms with Gasteiger partial charge in [0.1, 0.15) is 6.04 Å². The Morgan fingerprint density at radius 1 is 1.30 bits per heavy atom. The van der Waals surface area contributed by atoms with Gasteiger partial charge in [-0.25, -0.2) is 0 Å². The van der Waals surface area contributed by atoms with Crippen molar-refractivity contribution < 1.29 is 9.59 Å². The number of nitrogens with two attached hydrogens (primary N) is 1. The minimum absolute atomic E-state index is 0.00522. The van der Waals surface area contributed by atoms with Crippen molar-refractivity contribution in [3.8, 4) is 0 Å². The first-order chi connectivity index (χ1) is 11.0. The molecule has 3 atom stereocenters. The molecule has 2 fully saturated rings. The van der Waals surface area contributed by atoms with E-state index in [0.29, 0.717) is 23.7 Å². The van der Waals surface area contributed by atoms with Crippen LogP contribution in [-0.4, -0.2) is 42.4 Å². The van der Waals surface area contributed by atoms with Crippen molar-refractivity contribution in [2.75, 3.05) is 18.5 Å². The molecule has 2 N–H and O–H groups in total. The van der Waals surface area contributed by atoms with E-state index in [2.05, 4.69) is 0 Å². The Labute approximate surface area is 141 Å². The molecule has 3 rings (SSSR count). The normalized spacial score (nSPS) is 27.5. The highest BCUT2D eigenvalue weighted by Gasteiger charge is 2.41. The summed E-state index contributed by atoms with van der Waals surface area (Å²) in [6.45, 7) is 0.571. The molecule has 0 aromatic heterocycles. The molecule has 1 heterocycles.